The van der Waals surface area contributed by atoms with Crippen LogP contribution >= 0.6 is 0 Å². The van der Waals surface area contributed by atoms with Gasteiger partial charge in [0, 0.05) is 12.3 Å². The Morgan fingerprint density at radius 1 is 1.06 bits per heavy atom. The lowest BCUT2D eigenvalue weighted by molar-refractivity contribution is -0.120. The van der Waals surface area contributed by atoms with E-state index >= 15 is 0 Å². The maximum atomic E-state index is 12.2. The van der Waals surface area contributed by atoms with Crippen molar-refractivity contribution < 1.29 is 4.79 Å². The number of carbonyl (C=O) groups excluding carboxylic acids is 1. The molecule has 1 heteroatoms. The lowest BCUT2D eigenvalue weighted by Crippen LogP contribution is -2.03. The average molecular weight is 242 g/mol. The average Bonchev–Trinajstić information content (AvgIpc) is 3.14. The van der Waals surface area contributed by atoms with E-state index in [1.807, 2.05) is 6.07 Å². The minimum atomic E-state index is 0.461. The van der Waals surface area contributed by atoms with Gasteiger partial charge in [0.05, 0.1) is 0 Å². The third-order valence-corrected chi connectivity index (χ3v) is 4.76. The van der Waals surface area contributed by atoms with E-state index in [2.05, 4.69) is 24.3 Å². The Hall–Kier alpha value is -1.11. The van der Waals surface area contributed by atoms with Crippen LogP contribution in [0, 0.1) is 17.8 Å². The largest absolute Gasteiger partial charge is 0.299 e. The van der Waals surface area contributed by atoms with Gasteiger partial charge in [-0.25, -0.2) is 0 Å². The molecule has 2 aliphatic rings. The third-order valence-electron chi connectivity index (χ3n) is 4.76. The Labute approximate surface area is 110 Å². The van der Waals surface area contributed by atoms with Crippen LogP contribution in [0.25, 0.3) is 0 Å². The molecular formula is C17H22O. The quantitative estimate of drug-likeness (QED) is 0.762. The topological polar surface area (TPSA) is 17.1 Å². The number of ketones is 1. The van der Waals surface area contributed by atoms with E-state index in [1.165, 1.54) is 31.2 Å². The summed E-state index contributed by atoms with van der Waals surface area (Å²) >= 11 is 0. The maximum absolute atomic E-state index is 12.2. The first-order chi connectivity index (χ1) is 8.86. The van der Waals surface area contributed by atoms with Crippen molar-refractivity contribution in [2.45, 2.75) is 44.9 Å². The first-order valence-electron chi connectivity index (χ1n) is 7.43. The Balaban J connectivity index is 1.43. The Kier molecular flexibility index (Phi) is 3.49. The highest BCUT2D eigenvalue weighted by atomic mass is 16.1. The van der Waals surface area contributed by atoms with Crippen LogP contribution in [0.3, 0.4) is 0 Å². The van der Waals surface area contributed by atoms with Crippen molar-refractivity contribution in [2.24, 2.45) is 17.8 Å². The summed E-state index contributed by atoms with van der Waals surface area (Å²) in [4.78, 5) is 12.2. The fourth-order valence-corrected chi connectivity index (χ4v) is 3.75. The number of carbonyl (C=O) groups is 1. The van der Waals surface area contributed by atoms with Crippen LogP contribution < -0.4 is 0 Å². The summed E-state index contributed by atoms with van der Waals surface area (Å²) in [7, 11) is 0. The van der Waals surface area contributed by atoms with Gasteiger partial charge in [0.15, 0.2) is 0 Å². The highest BCUT2D eigenvalue weighted by Crippen LogP contribution is 2.56. The molecular weight excluding hydrogens is 220 g/mol. The van der Waals surface area contributed by atoms with Crippen LogP contribution in [0.15, 0.2) is 30.3 Å². The van der Waals surface area contributed by atoms with Crippen molar-refractivity contribution in [3.63, 3.8) is 0 Å². The third kappa shape index (κ3) is 2.50. The van der Waals surface area contributed by atoms with E-state index in [0.29, 0.717) is 11.7 Å². The van der Waals surface area contributed by atoms with Crippen LogP contribution in [0.1, 0.15) is 44.1 Å². The second-order valence-corrected chi connectivity index (χ2v) is 5.94. The number of fused-ring (bicyclic) bond motifs is 1. The van der Waals surface area contributed by atoms with Crippen molar-refractivity contribution in [3.8, 4) is 0 Å². The zero-order valence-corrected chi connectivity index (χ0v) is 11.0. The lowest BCUT2D eigenvalue weighted by atomic mass is 10.0. The van der Waals surface area contributed by atoms with E-state index in [1.54, 1.807) is 0 Å². The Morgan fingerprint density at radius 3 is 2.39 bits per heavy atom. The zero-order chi connectivity index (χ0) is 12.4. The zero-order valence-electron chi connectivity index (χ0n) is 11.0. The van der Waals surface area contributed by atoms with Crippen molar-refractivity contribution in [2.75, 3.05) is 0 Å². The van der Waals surface area contributed by atoms with Crippen LogP contribution in [0.2, 0.25) is 0 Å². The molecule has 1 aromatic rings. The molecule has 0 heterocycles. The van der Waals surface area contributed by atoms with Gasteiger partial charge in [-0.05, 0) is 43.1 Å². The van der Waals surface area contributed by atoms with Crippen molar-refractivity contribution in [1.82, 2.24) is 0 Å². The van der Waals surface area contributed by atoms with Gasteiger partial charge in [-0.15, -0.1) is 0 Å². The van der Waals surface area contributed by atoms with Crippen LogP contribution in [0.5, 0.6) is 0 Å². The molecule has 0 amide bonds. The maximum Gasteiger partial charge on any atom is 0.136 e. The fraction of sp³-hybridized carbons (Fsp3) is 0.588. The van der Waals surface area contributed by atoms with Gasteiger partial charge < -0.3 is 0 Å². The number of benzene rings is 1. The Morgan fingerprint density at radius 2 is 1.72 bits per heavy atom. The summed E-state index contributed by atoms with van der Waals surface area (Å²) in [5, 5.41) is 0. The normalized spacial score (nSPS) is 29.7. The number of hydrogen-bond donors (Lipinski definition) is 0. The fourth-order valence-electron chi connectivity index (χ4n) is 3.75. The molecule has 96 valence electrons. The molecule has 0 bridgehead atoms. The molecule has 2 fully saturated rings. The van der Waals surface area contributed by atoms with E-state index in [0.717, 1.165) is 31.1 Å². The number of hydrogen-bond acceptors (Lipinski definition) is 1. The summed E-state index contributed by atoms with van der Waals surface area (Å²) in [6.45, 7) is 0. The van der Waals surface area contributed by atoms with Gasteiger partial charge in [0.2, 0.25) is 0 Å². The molecule has 2 saturated carbocycles. The van der Waals surface area contributed by atoms with E-state index in [4.69, 9.17) is 0 Å². The van der Waals surface area contributed by atoms with Crippen LogP contribution in [0.4, 0.5) is 0 Å². The highest BCUT2D eigenvalue weighted by molar-refractivity contribution is 5.84. The van der Waals surface area contributed by atoms with Crippen molar-refractivity contribution >= 4 is 5.78 Å². The monoisotopic (exact) mass is 242 g/mol. The number of rotatable bonds is 5. The van der Waals surface area contributed by atoms with Crippen LogP contribution in [-0.4, -0.2) is 5.78 Å². The molecule has 2 unspecified atom stereocenters. The van der Waals surface area contributed by atoms with Crippen LogP contribution in [-0.2, 0) is 11.2 Å². The molecule has 1 aromatic carbocycles. The molecule has 0 aromatic heterocycles. The Bertz CT molecular complexity index is 397. The first-order valence-corrected chi connectivity index (χ1v) is 7.43. The van der Waals surface area contributed by atoms with E-state index in [-0.39, 0.29) is 0 Å². The minimum Gasteiger partial charge on any atom is -0.299 e. The van der Waals surface area contributed by atoms with Gasteiger partial charge in [-0.2, -0.15) is 0 Å². The smallest absolute Gasteiger partial charge is 0.136 e. The van der Waals surface area contributed by atoms with Crippen molar-refractivity contribution in [3.05, 3.63) is 35.9 Å². The second-order valence-electron chi connectivity index (χ2n) is 5.94. The summed E-state index contributed by atoms with van der Waals surface area (Å²) in [5.41, 5.74) is 1.36. The number of Topliss-reactive ketones (excluding diaryl/α,β-unsaturated/α-hetero) is 1. The summed E-state index contributed by atoms with van der Waals surface area (Å²) in [6, 6.07) is 10.5. The molecule has 0 saturated heterocycles. The van der Waals surface area contributed by atoms with Gasteiger partial charge in [0.25, 0.3) is 0 Å². The molecule has 3 rings (SSSR count). The second kappa shape index (κ2) is 5.26. The highest BCUT2D eigenvalue weighted by Gasteiger charge is 2.53. The summed E-state index contributed by atoms with van der Waals surface area (Å²) in [6.07, 6.45) is 8.23. The SMILES string of the molecule is O=C(CCCc1ccccc1)C1C2CCCCC21. The van der Waals surface area contributed by atoms with E-state index < -0.39 is 0 Å². The van der Waals surface area contributed by atoms with Crippen molar-refractivity contribution in [1.29, 1.82) is 0 Å². The lowest BCUT2D eigenvalue weighted by Gasteiger charge is -2.04. The molecule has 0 aliphatic heterocycles. The van der Waals surface area contributed by atoms with Gasteiger partial charge in [0.1, 0.15) is 5.78 Å². The summed E-state index contributed by atoms with van der Waals surface area (Å²) in [5.74, 6) is 2.58. The van der Waals surface area contributed by atoms with Gasteiger partial charge >= 0.3 is 0 Å². The van der Waals surface area contributed by atoms with Gasteiger partial charge in [-0.3, -0.25) is 4.79 Å². The first kappa shape index (κ1) is 12.0. The molecule has 2 aliphatic carbocycles. The molecule has 2 atom stereocenters. The molecule has 18 heavy (non-hydrogen) atoms. The molecule has 0 spiro atoms. The van der Waals surface area contributed by atoms with Gasteiger partial charge in [-0.1, -0.05) is 43.2 Å². The minimum absolute atomic E-state index is 0.461. The standard InChI is InChI=1S/C17H22O/c18-16(17-14-10-4-5-11-15(14)17)12-6-9-13-7-2-1-3-8-13/h1-3,7-8,14-15,17H,4-6,9-12H2. The van der Waals surface area contributed by atoms with E-state index in [9.17, 15) is 4.79 Å². The number of aryl methyl sites for hydroxylation is 1. The molecule has 0 N–H and O–H groups in total. The molecule has 0 radical (unpaired) electrons. The summed E-state index contributed by atoms with van der Waals surface area (Å²) < 4.78 is 0. The predicted molar refractivity (Wildman–Crippen MR) is 73.3 cm³/mol. The predicted octanol–water partition coefficient (Wildman–Crippen LogP) is 4.01. The molecule has 1 nitrogen and oxygen atoms in total.